The topological polar surface area (TPSA) is 93.2 Å². The molecule has 3 rings (SSSR count). The smallest absolute Gasteiger partial charge is 0.325 e. The molecule has 2 heterocycles. The second-order valence-corrected chi connectivity index (χ2v) is 6.28. The molecule has 0 spiro atoms. The van der Waals surface area contributed by atoms with Crippen molar-refractivity contribution in [1.82, 2.24) is 20.0 Å². The molecule has 2 saturated heterocycles. The number of hydrogen-bond acceptors (Lipinski definition) is 5. The number of carbonyl (C=O) groups excluding carboxylic acids is 3. The summed E-state index contributed by atoms with van der Waals surface area (Å²) in [4.78, 5) is 40.4. The Morgan fingerprint density at radius 1 is 1.20 bits per heavy atom. The highest BCUT2D eigenvalue weighted by Crippen LogP contribution is 2.14. The second-order valence-electron chi connectivity index (χ2n) is 6.28. The minimum atomic E-state index is -0.540. The maximum absolute atomic E-state index is 12.5. The van der Waals surface area contributed by atoms with Gasteiger partial charge in [-0.3, -0.25) is 19.4 Å². The van der Waals surface area contributed by atoms with Crippen molar-refractivity contribution < 1.29 is 19.5 Å². The number of imide groups is 1. The number of rotatable bonds is 5. The summed E-state index contributed by atoms with van der Waals surface area (Å²) in [7, 11) is 0. The zero-order valence-corrected chi connectivity index (χ0v) is 13.9. The van der Waals surface area contributed by atoms with Gasteiger partial charge in [0.05, 0.1) is 19.2 Å². The van der Waals surface area contributed by atoms with E-state index in [0.717, 1.165) is 11.4 Å². The molecule has 0 aliphatic carbocycles. The lowest BCUT2D eigenvalue weighted by molar-refractivity contribution is -0.141. The summed E-state index contributed by atoms with van der Waals surface area (Å²) in [6, 6.07) is 9.14. The summed E-state index contributed by atoms with van der Waals surface area (Å²) in [6.07, 6.45) is 0. The fourth-order valence-electron chi connectivity index (χ4n) is 3.23. The lowest BCUT2D eigenvalue weighted by Crippen LogP contribution is -2.58. The van der Waals surface area contributed by atoms with E-state index in [0.29, 0.717) is 19.6 Å². The van der Waals surface area contributed by atoms with Gasteiger partial charge in [-0.25, -0.2) is 4.79 Å². The molecule has 0 bridgehead atoms. The zero-order valence-electron chi connectivity index (χ0n) is 13.9. The van der Waals surface area contributed by atoms with Crippen LogP contribution in [0.1, 0.15) is 5.56 Å². The Bertz CT molecular complexity index is 635. The van der Waals surface area contributed by atoms with E-state index in [1.54, 1.807) is 4.90 Å². The van der Waals surface area contributed by atoms with E-state index in [-0.39, 0.29) is 31.6 Å². The fourth-order valence-corrected chi connectivity index (χ4v) is 3.23. The van der Waals surface area contributed by atoms with Crippen LogP contribution in [0.5, 0.6) is 0 Å². The number of nitrogens with zero attached hydrogens (tertiary/aromatic N) is 3. The molecule has 0 saturated carbocycles. The van der Waals surface area contributed by atoms with Gasteiger partial charge in [0.25, 0.3) is 5.91 Å². The van der Waals surface area contributed by atoms with Crippen molar-refractivity contribution in [2.24, 2.45) is 0 Å². The van der Waals surface area contributed by atoms with Crippen molar-refractivity contribution in [2.75, 3.05) is 39.3 Å². The quantitative estimate of drug-likeness (QED) is 0.684. The van der Waals surface area contributed by atoms with E-state index in [4.69, 9.17) is 0 Å². The minimum absolute atomic E-state index is 0.0691. The summed E-state index contributed by atoms with van der Waals surface area (Å²) in [5.41, 5.74) is 1.18. The van der Waals surface area contributed by atoms with Gasteiger partial charge < -0.3 is 15.3 Å². The van der Waals surface area contributed by atoms with Crippen LogP contribution in [-0.2, 0) is 16.1 Å². The molecule has 2 fully saturated rings. The van der Waals surface area contributed by atoms with E-state index >= 15 is 0 Å². The van der Waals surface area contributed by atoms with Gasteiger partial charge in [0, 0.05) is 26.2 Å². The van der Waals surface area contributed by atoms with Gasteiger partial charge in [-0.15, -0.1) is 0 Å². The van der Waals surface area contributed by atoms with Crippen LogP contribution in [0, 0.1) is 0 Å². The first-order valence-electron chi connectivity index (χ1n) is 8.33. The van der Waals surface area contributed by atoms with Gasteiger partial charge in [-0.1, -0.05) is 30.3 Å². The Kier molecular flexibility index (Phi) is 5.30. The van der Waals surface area contributed by atoms with E-state index < -0.39 is 11.9 Å². The van der Waals surface area contributed by atoms with Crippen LogP contribution < -0.4 is 5.32 Å². The van der Waals surface area contributed by atoms with Crippen molar-refractivity contribution in [2.45, 2.75) is 12.6 Å². The first kappa shape index (κ1) is 17.4. The number of benzene rings is 1. The third-order valence-electron chi connectivity index (χ3n) is 4.58. The molecule has 2 aliphatic rings. The van der Waals surface area contributed by atoms with Crippen LogP contribution in [0.25, 0.3) is 0 Å². The Labute approximate surface area is 146 Å². The van der Waals surface area contributed by atoms with Crippen LogP contribution in [0.15, 0.2) is 30.3 Å². The Morgan fingerprint density at radius 2 is 1.96 bits per heavy atom. The average molecular weight is 346 g/mol. The highest BCUT2D eigenvalue weighted by atomic mass is 16.3. The summed E-state index contributed by atoms with van der Waals surface area (Å²) in [6.45, 7) is 1.94. The van der Waals surface area contributed by atoms with Gasteiger partial charge in [-0.05, 0) is 5.56 Å². The van der Waals surface area contributed by atoms with Crippen molar-refractivity contribution in [3.8, 4) is 0 Å². The molecular weight excluding hydrogens is 324 g/mol. The van der Waals surface area contributed by atoms with Crippen molar-refractivity contribution in [3.63, 3.8) is 0 Å². The van der Waals surface area contributed by atoms with E-state index in [9.17, 15) is 19.5 Å². The Morgan fingerprint density at radius 3 is 2.60 bits per heavy atom. The number of aliphatic hydroxyl groups is 1. The Balaban J connectivity index is 1.59. The van der Waals surface area contributed by atoms with Crippen LogP contribution in [0.2, 0.25) is 0 Å². The number of nitrogens with one attached hydrogen (secondary N) is 1. The Hall–Kier alpha value is -2.45. The van der Waals surface area contributed by atoms with Crippen molar-refractivity contribution in [1.29, 1.82) is 0 Å². The van der Waals surface area contributed by atoms with Crippen molar-refractivity contribution >= 4 is 17.8 Å². The molecule has 25 heavy (non-hydrogen) atoms. The number of carbonyl (C=O) groups is 3. The molecule has 1 aromatic carbocycles. The largest absolute Gasteiger partial charge is 0.394 e. The van der Waals surface area contributed by atoms with Crippen LogP contribution in [0.3, 0.4) is 0 Å². The molecule has 2 N–H and O–H groups in total. The number of hydrogen-bond donors (Lipinski definition) is 2. The number of aliphatic hydroxyl groups excluding tert-OH is 1. The lowest BCUT2D eigenvalue weighted by atomic mass is 10.1. The highest BCUT2D eigenvalue weighted by Gasteiger charge is 2.35. The lowest BCUT2D eigenvalue weighted by Gasteiger charge is -2.41. The fraction of sp³-hybridized carbons (Fsp3) is 0.471. The highest BCUT2D eigenvalue weighted by molar-refractivity contribution is 6.04. The van der Waals surface area contributed by atoms with E-state index in [2.05, 4.69) is 10.2 Å². The van der Waals surface area contributed by atoms with Crippen LogP contribution >= 0.6 is 0 Å². The van der Waals surface area contributed by atoms with Gasteiger partial charge >= 0.3 is 6.03 Å². The van der Waals surface area contributed by atoms with Crippen molar-refractivity contribution in [3.05, 3.63) is 35.9 Å². The molecule has 0 radical (unpaired) electrons. The first-order chi connectivity index (χ1) is 12.1. The van der Waals surface area contributed by atoms with E-state index in [1.807, 2.05) is 30.3 Å². The molecule has 0 aromatic heterocycles. The molecule has 2 aliphatic heterocycles. The SMILES string of the molecule is O=C1CNC(=O)N1CC(=O)N1CCN(Cc2ccccc2)CC1CO. The monoisotopic (exact) mass is 346 g/mol. The summed E-state index contributed by atoms with van der Waals surface area (Å²) in [5, 5.41) is 12.1. The summed E-state index contributed by atoms with van der Waals surface area (Å²) >= 11 is 0. The minimum Gasteiger partial charge on any atom is -0.394 e. The summed E-state index contributed by atoms with van der Waals surface area (Å²) < 4.78 is 0. The van der Waals surface area contributed by atoms with Gasteiger partial charge in [-0.2, -0.15) is 0 Å². The van der Waals surface area contributed by atoms with Gasteiger partial charge in [0.1, 0.15) is 6.54 Å². The van der Waals surface area contributed by atoms with Crippen LogP contribution in [-0.4, -0.2) is 83.0 Å². The third-order valence-corrected chi connectivity index (χ3v) is 4.58. The second kappa shape index (κ2) is 7.62. The summed E-state index contributed by atoms with van der Waals surface area (Å²) in [5.74, 6) is -0.717. The molecule has 8 nitrogen and oxygen atoms in total. The third kappa shape index (κ3) is 3.97. The molecule has 8 heteroatoms. The maximum Gasteiger partial charge on any atom is 0.325 e. The van der Waals surface area contributed by atoms with E-state index in [1.165, 1.54) is 5.56 Å². The number of amides is 4. The van der Waals surface area contributed by atoms with Gasteiger partial charge in [0.15, 0.2) is 0 Å². The standard InChI is InChI=1S/C17H22N4O4/c22-12-14-10-19(9-13-4-2-1-3-5-13)6-7-20(14)16(24)11-21-15(23)8-18-17(21)25/h1-5,14,22H,6-12H2,(H,18,25). The molecule has 134 valence electrons. The molecule has 1 aromatic rings. The van der Waals surface area contributed by atoms with Crippen LogP contribution in [0.4, 0.5) is 4.79 Å². The first-order valence-corrected chi connectivity index (χ1v) is 8.33. The predicted molar refractivity (Wildman–Crippen MR) is 89.4 cm³/mol. The number of piperazine rings is 1. The van der Waals surface area contributed by atoms with Gasteiger partial charge in [0.2, 0.25) is 5.91 Å². The normalized spacial score (nSPS) is 21.6. The average Bonchev–Trinajstić information content (AvgIpc) is 2.94. The maximum atomic E-state index is 12.5. The zero-order chi connectivity index (χ0) is 17.8. The molecule has 1 atom stereocenters. The predicted octanol–water partition coefficient (Wildman–Crippen LogP) is -0.756. The molecular formula is C17H22N4O4. The number of urea groups is 1. The molecule has 4 amide bonds. The molecule has 1 unspecified atom stereocenters.